The van der Waals surface area contributed by atoms with Gasteiger partial charge in [-0.2, -0.15) is 13.2 Å². The Labute approximate surface area is 124 Å². The van der Waals surface area contributed by atoms with Crippen LogP contribution in [-0.4, -0.2) is 5.91 Å². The number of carbonyl (C=O) groups excluding carboxylic acids is 1. The maximum Gasteiger partial charge on any atom is 0.418 e. The van der Waals surface area contributed by atoms with E-state index < -0.39 is 23.3 Å². The molecule has 0 spiro atoms. The number of furan rings is 1. The lowest BCUT2D eigenvalue weighted by atomic mass is 10.1. The van der Waals surface area contributed by atoms with E-state index in [1.54, 1.807) is 0 Å². The second-order valence-electron chi connectivity index (χ2n) is 3.72. The van der Waals surface area contributed by atoms with E-state index in [1.807, 2.05) is 0 Å². The van der Waals surface area contributed by atoms with Crippen LogP contribution in [0.25, 0.3) is 0 Å². The molecular formula is C12H6BrClF3NO2. The van der Waals surface area contributed by atoms with Gasteiger partial charge in [-0.15, -0.1) is 0 Å². The summed E-state index contributed by atoms with van der Waals surface area (Å²) in [5.74, 6) is -0.760. The molecule has 0 saturated carbocycles. The summed E-state index contributed by atoms with van der Waals surface area (Å²) in [7, 11) is 0. The summed E-state index contributed by atoms with van der Waals surface area (Å²) in [6.07, 6.45) is -3.39. The van der Waals surface area contributed by atoms with Crippen molar-refractivity contribution in [1.82, 2.24) is 0 Å². The second-order valence-corrected chi connectivity index (χ2v) is 4.85. The maximum absolute atomic E-state index is 12.9. The predicted octanol–water partition coefficient (Wildman–Crippen LogP) is 4.97. The van der Waals surface area contributed by atoms with E-state index in [4.69, 9.17) is 16.0 Å². The number of benzene rings is 1. The van der Waals surface area contributed by atoms with E-state index in [1.165, 1.54) is 18.4 Å². The lowest BCUT2D eigenvalue weighted by Gasteiger charge is -2.14. The molecule has 0 radical (unpaired) electrons. The van der Waals surface area contributed by atoms with Gasteiger partial charge in [0.2, 0.25) is 0 Å². The first-order valence-corrected chi connectivity index (χ1v) is 6.38. The molecule has 0 atom stereocenters. The zero-order valence-corrected chi connectivity index (χ0v) is 11.9. The Morgan fingerprint density at radius 3 is 2.55 bits per heavy atom. The first-order valence-electron chi connectivity index (χ1n) is 5.20. The molecule has 1 N–H and O–H groups in total. The van der Waals surface area contributed by atoms with Crippen LogP contribution in [0.4, 0.5) is 18.9 Å². The highest BCUT2D eigenvalue weighted by Gasteiger charge is 2.35. The first-order chi connectivity index (χ1) is 9.30. The van der Waals surface area contributed by atoms with E-state index in [2.05, 4.69) is 21.2 Å². The van der Waals surface area contributed by atoms with Crippen molar-refractivity contribution in [1.29, 1.82) is 0 Å². The molecule has 1 aromatic carbocycles. The molecule has 8 heteroatoms. The smallest absolute Gasteiger partial charge is 0.418 e. The van der Waals surface area contributed by atoms with Gasteiger partial charge in [-0.25, -0.2) is 0 Å². The number of hydrogen-bond acceptors (Lipinski definition) is 2. The molecule has 2 aromatic rings. The standard InChI is InChI=1S/C12H6BrClF3NO2/c13-10-6(4-5-20-10)11(19)18-9-7(12(15,16)17)2-1-3-8(9)14/h1-5H,(H,18,19). The van der Waals surface area contributed by atoms with Crippen LogP contribution < -0.4 is 5.32 Å². The Hall–Kier alpha value is -1.47. The van der Waals surface area contributed by atoms with Crippen LogP contribution in [0.5, 0.6) is 0 Å². The van der Waals surface area contributed by atoms with Gasteiger partial charge in [0.1, 0.15) is 0 Å². The number of anilines is 1. The van der Waals surface area contributed by atoms with Gasteiger partial charge < -0.3 is 9.73 Å². The van der Waals surface area contributed by atoms with Gasteiger partial charge in [-0.05, 0) is 34.1 Å². The number of hydrogen-bond donors (Lipinski definition) is 1. The molecule has 0 aliphatic rings. The van der Waals surface area contributed by atoms with Crippen LogP contribution in [0.3, 0.4) is 0 Å². The SMILES string of the molecule is O=C(Nc1c(Cl)cccc1C(F)(F)F)c1ccoc1Br. The number of halogens is 5. The average Bonchev–Trinajstić information content (AvgIpc) is 2.76. The zero-order valence-electron chi connectivity index (χ0n) is 9.59. The van der Waals surface area contributed by atoms with Gasteiger partial charge >= 0.3 is 6.18 Å². The monoisotopic (exact) mass is 367 g/mol. The Morgan fingerprint density at radius 1 is 1.30 bits per heavy atom. The number of carbonyl (C=O) groups is 1. The summed E-state index contributed by atoms with van der Waals surface area (Å²) < 4.78 is 43.6. The number of para-hydroxylation sites is 1. The van der Waals surface area contributed by atoms with Crippen molar-refractivity contribution in [3.05, 3.63) is 51.3 Å². The van der Waals surface area contributed by atoms with Crippen molar-refractivity contribution in [2.24, 2.45) is 0 Å². The van der Waals surface area contributed by atoms with E-state index >= 15 is 0 Å². The van der Waals surface area contributed by atoms with Crippen LogP contribution in [0.15, 0.2) is 39.6 Å². The number of rotatable bonds is 2. The lowest BCUT2D eigenvalue weighted by molar-refractivity contribution is -0.136. The van der Waals surface area contributed by atoms with Crippen molar-refractivity contribution < 1.29 is 22.4 Å². The molecule has 1 heterocycles. The topological polar surface area (TPSA) is 42.2 Å². The third-order valence-corrected chi connectivity index (χ3v) is 3.35. The minimum absolute atomic E-state index is 0.0676. The lowest BCUT2D eigenvalue weighted by Crippen LogP contribution is -2.17. The van der Waals surface area contributed by atoms with E-state index in [-0.39, 0.29) is 15.3 Å². The minimum Gasteiger partial charge on any atom is -0.457 e. The van der Waals surface area contributed by atoms with Crippen LogP contribution in [-0.2, 0) is 6.18 Å². The molecule has 20 heavy (non-hydrogen) atoms. The average molecular weight is 369 g/mol. The molecular weight excluding hydrogens is 362 g/mol. The minimum atomic E-state index is -4.62. The number of nitrogens with one attached hydrogen (secondary N) is 1. The molecule has 0 aliphatic heterocycles. The van der Waals surface area contributed by atoms with Gasteiger partial charge in [-0.1, -0.05) is 17.7 Å². The fourth-order valence-electron chi connectivity index (χ4n) is 1.52. The predicted molar refractivity (Wildman–Crippen MR) is 70.8 cm³/mol. The fraction of sp³-hybridized carbons (Fsp3) is 0.0833. The van der Waals surface area contributed by atoms with Gasteiger partial charge in [0.05, 0.1) is 28.1 Å². The molecule has 106 valence electrons. The largest absolute Gasteiger partial charge is 0.457 e. The molecule has 0 saturated heterocycles. The Morgan fingerprint density at radius 2 is 2.00 bits per heavy atom. The normalized spacial score (nSPS) is 11.4. The van der Waals surface area contributed by atoms with Crippen molar-refractivity contribution >= 4 is 39.1 Å². The Bertz CT molecular complexity index is 654. The van der Waals surface area contributed by atoms with E-state index in [0.29, 0.717) is 0 Å². The van der Waals surface area contributed by atoms with Crippen LogP contribution >= 0.6 is 27.5 Å². The molecule has 0 bridgehead atoms. The molecule has 2 rings (SSSR count). The summed E-state index contributed by atoms with van der Waals surface area (Å²) in [5, 5.41) is 1.95. The van der Waals surface area contributed by atoms with E-state index in [9.17, 15) is 18.0 Å². The molecule has 3 nitrogen and oxygen atoms in total. The van der Waals surface area contributed by atoms with Crippen molar-refractivity contribution in [3.8, 4) is 0 Å². The summed E-state index contributed by atoms with van der Waals surface area (Å²) in [6, 6.07) is 4.58. The quantitative estimate of drug-likeness (QED) is 0.813. The Kier molecular flexibility index (Phi) is 4.10. The van der Waals surface area contributed by atoms with Crippen LogP contribution in [0.2, 0.25) is 5.02 Å². The molecule has 0 aliphatic carbocycles. The van der Waals surface area contributed by atoms with Crippen LogP contribution in [0.1, 0.15) is 15.9 Å². The molecule has 0 fully saturated rings. The van der Waals surface area contributed by atoms with Crippen molar-refractivity contribution in [2.45, 2.75) is 6.18 Å². The number of amides is 1. The van der Waals surface area contributed by atoms with Crippen LogP contribution in [0, 0.1) is 0 Å². The summed E-state index contributed by atoms with van der Waals surface area (Å²) in [4.78, 5) is 11.9. The molecule has 1 amide bonds. The number of alkyl halides is 3. The summed E-state index contributed by atoms with van der Waals surface area (Å²) in [5.41, 5.74) is -1.43. The van der Waals surface area contributed by atoms with Gasteiger partial charge in [0.15, 0.2) is 4.67 Å². The Balaban J connectivity index is 2.39. The zero-order chi connectivity index (χ0) is 14.9. The fourth-order valence-corrected chi connectivity index (χ4v) is 2.17. The van der Waals surface area contributed by atoms with Gasteiger partial charge in [0.25, 0.3) is 5.91 Å². The highest BCUT2D eigenvalue weighted by atomic mass is 79.9. The third kappa shape index (κ3) is 2.99. The summed E-state index contributed by atoms with van der Waals surface area (Å²) in [6.45, 7) is 0. The van der Waals surface area contributed by atoms with Gasteiger partial charge in [0, 0.05) is 0 Å². The highest BCUT2D eigenvalue weighted by Crippen LogP contribution is 2.38. The first kappa shape index (κ1) is 14.9. The third-order valence-electron chi connectivity index (χ3n) is 2.42. The molecule has 1 aromatic heterocycles. The maximum atomic E-state index is 12.9. The highest BCUT2D eigenvalue weighted by molar-refractivity contribution is 9.10. The molecule has 0 unspecified atom stereocenters. The van der Waals surface area contributed by atoms with Crippen molar-refractivity contribution in [3.63, 3.8) is 0 Å². The van der Waals surface area contributed by atoms with Gasteiger partial charge in [-0.3, -0.25) is 4.79 Å². The van der Waals surface area contributed by atoms with Crippen molar-refractivity contribution in [2.75, 3.05) is 5.32 Å². The summed E-state index contributed by atoms with van der Waals surface area (Å²) >= 11 is 8.70. The van der Waals surface area contributed by atoms with E-state index in [0.717, 1.165) is 12.1 Å². The second kappa shape index (κ2) is 5.49.